The number of hydrogen-bond acceptors (Lipinski definition) is 7. The predicted octanol–water partition coefficient (Wildman–Crippen LogP) is 2.86. The molecular weight excluding hydrogens is 306 g/mol. The first-order chi connectivity index (χ1) is 9.55. The highest BCUT2D eigenvalue weighted by molar-refractivity contribution is 7.13. The number of halogens is 1. The van der Waals surface area contributed by atoms with Crippen LogP contribution in [0.5, 0.6) is 10.9 Å². The lowest BCUT2D eigenvalue weighted by molar-refractivity contribution is -0.385. The van der Waals surface area contributed by atoms with Crippen LogP contribution < -0.4 is 4.74 Å². The Bertz CT molecular complexity index is 710. The Hall–Kier alpha value is -2.21. The zero-order chi connectivity index (χ0) is 14.7. The lowest BCUT2D eigenvalue weighted by atomic mass is 10.2. The summed E-state index contributed by atoms with van der Waals surface area (Å²) in [6.45, 7) is -0.296. The number of nitrogens with zero attached hydrogens (tertiary/aromatic N) is 3. The van der Waals surface area contributed by atoms with E-state index in [-0.39, 0.29) is 34.0 Å². The molecule has 1 aromatic heterocycles. The van der Waals surface area contributed by atoms with Gasteiger partial charge in [0, 0.05) is 6.07 Å². The monoisotopic (exact) mass is 311 g/mol. The second-order valence-electron chi connectivity index (χ2n) is 3.51. The lowest BCUT2D eigenvalue weighted by Crippen LogP contribution is -1.94. The average Bonchev–Trinajstić information content (AvgIpc) is 2.79. The van der Waals surface area contributed by atoms with Crippen LogP contribution in [0, 0.1) is 21.4 Å². The summed E-state index contributed by atoms with van der Waals surface area (Å²) in [5, 5.41) is 28.8. The number of nitro benzene ring substituents is 1. The van der Waals surface area contributed by atoms with E-state index in [1.807, 2.05) is 6.07 Å². The van der Waals surface area contributed by atoms with Gasteiger partial charge in [-0.3, -0.25) is 10.1 Å². The molecule has 0 bridgehead atoms. The van der Waals surface area contributed by atoms with E-state index in [1.165, 1.54) is 12.1 Å². The number of ether oxygens (including phenoxy) is 1. The molecule has 0 saturated heterocycles. The minimum absolute atomic E-state index is 0.0519. The van der Waals surface area contributed by atoms with Crippen LogP contribution >= 0.6 is 22.9 Å². The topological polar surface area (TPSA) is 109 Å². The second-order valence-corrected chi connectivity index (χ2v) is 4.91. The van der Waals surface area contributed by atoms with E-state index >= 15 is 0 Å². The fourth-order valence-electron chi connectivity index (χ4n) is 1.36. The van der Waals surface area contributed by atoms with Crippen LogP contribution in [0.25, 0.3) is 0 Å². The van der Waals surface area contributed by atoms with Gasteiger partial charge in [0.25, 0.3) is 5.19 Å². The molecule has 0 saturated carbocycles. The smallest absolute Gasteiger partial charge is 0.312 e. The fraction of sp³-hybridized carbons (Fsp3) is 0.0909. The van der Waals surface area contributed by atoms with Crippen molar-refractivity contribution in [2.24, 2.45) is 0 Å². The summed E-state index contributed by atoms with van der Waals surface area (Å²) in [4.78, 5) is 14.5. The molecule has 20 heavy (non-hydrogen) atoms. The normalized spacial score (nSPS) is 10.1. The van der Waals surface area contributed by atoms with Crippen molar-refractivity contribution in [3.8, 4) is 17.0 Å². The third kappa shape index (κ3) is 2.85. The maximum Gasteiger partial charge on any atom is 0.312 e. The molecule has 0 atom stereocenters. The molecule has 0 amide bonds. The van der Waals surface area contributed by atoms with Crippen molar-refractivity contribution in [3.05, 3.63) is 43.9 Å². The maximum atomic E-state index is 10.9. The Balaban J connectivity index is 2.37. The molecule has 0 aliphatic heterocycles. The van der Waals surface area contributed by atoms with E-state index in [0.29, 0.717) is 4.88 Å². The minimum atomic E-state index is -0.654. The van der Waals surface area contributed by atoms with E-state index in [0.717, 1.165) is 17.4 Å². The Kier molecular flexibility index (Phi) is 4.14. The molecule has 1 N–H and O–H groups in total. The van der Waals surface area contributed by atoms with Crippen molar-refractivity contribution in [3.63, 3.8) is 0 Å². The van der Waals surface area contributed by atoms with Crippen molar-refractivity contribution >= 4 is 28.6 Å². The lowest BCUT2D eigenvalue weighted by Gasteiger charge is -2.02. The summed E-state index contributed by atoms with van der Waals surface area (Å²) in [6, 6.07) is 5.62. The third-order valence-electron chi connectivity index (χ3n) is 2.26. The maximum absolute atomic E-state index is 10.9. The van der Waals surface area contributed by atoms with Crippen LogP contribution in [0.2, 0.25) is 5.15 Å². The molecule has 0 fully saturated rings. The molecule has 7 nitrogen and oxygen atoms in total. The molecule has 0 radical (unpaired) electrons. The second kappa shape index (κ2) is 5.83. The molecular formula is C11H6ClN3O4S. The molecule has 9 heteroatoms. The van der Waals surface area contributed by atoms with Gasteiger partial charge in [0.1, 0.15) is 5.15 Å². The van der Waals surface area contributed by atoms with E-state index in [1.54, 1.807) is 0 Å². The van der Waals surface area contributed by atoms with Gasteiger partial charge in [0.05, 0.1) is 28.0 Å². The number of benzene rings is 1. The van der Waals surface area contributed by atoms with Crippen LogP contribution in [0.4, 0.5) is 5.69 Å². The van der Waals surface area contributed by atoms with Crippen LogP contribution in [0.15, 0.2) is 18.2 Å². The summed E-state index contributed by atoms with van der Waals surface area (Å²) in [7, 11) is 0. The number of thiazole rings is 1. The Morgan fingerprint density at radius 2 is 2.35 bits per heavy atom. The molecule has 2 rings (SSSR count). The van der Waals surface area contributed by atoms with Crippen LogP contribution in [0.1, 0.15) is 10.4 Å². The SMILES string of the molecule is N#Cc1ccc(Oc2nc(Cl)c(CO)s2)c([N+](=O)[O-])c1. The largest absolute Gasteiger partial charge is 0.423 e. The van der Waals surface area contributed by atoms with Crippen molar-refractivity contribution in [2.45, 2.75) is 6.61 Å². The molecule has 1 aromatic carbocycles. The molecule has 102 valence electrons. The molecule has 0 aliphatic carbocycles. The highest BCUT2D eigenvalue weighted by Crippen LogP contribution is 2.36. The standard InChI is InChI=1S/C11H6ClN3O4S/c12-10-9(5-16)20-11(14-10)19-8-2-1-6(4-13)3-7(8)15(17)18/h1-3,16H,5H2. The van der Waals surface area contributed by atoms with Crippen LogP contribution in [0.3, 0.4) is 0 Å². The third-order valence-corrected chi connectivity index (χ3v) is 3.60. The number of aliphatic hydroxyl groups excluding tert-OH is 1. The predicted molar refractivity (Wildman–Crippen MR) is 70.9 cm³/mol. The highest BCUT2D eigenvalue weighted by Gasteiger charge is 2.19. The Morgan fingerprint density at radius 1 is 1.60 bits per heavy atom. The first-order valence-electron chi connectivity index (χ1n) is 5.17. The van der Waals surface area contributed by atoms with E-state index in [2.05, 4.69) is 4.98 Å². The number of aliphatic hydroxyl groups is 1. The number of nitriles is 1. The van der Waals surface area contributed by atoms with Crippen molar-refractivity contribution in [1.29, 1.82) is 5.26 Å². The van der Waals surface area contributed by atoms with Crippen LogP contribution in [-0.2, 0) is 6.61 Å². The summed E-state index contributed by atoms with van der Waals surface area (Å²) in [5.41, 5.74) is -0.196. The Morgan fingerprint density at radius 3 is 2.90 bits per heavy atom. The van der Waals surface area contributed by atoms with Gasteiger partial charge in [-0.25, -0.2) is 0 Å². The van der Waals surface area contributed by atoms with Gasteiger partial charge in [-0.15, -0.1) is 0 Å². The van der Waals surface area contributed by atoms with Gasteiger partial charge in [0.2, 0.25) is 5.75 Å². The van der Waals surface area contributed by atoms with E-state index in [4.69, 9.17) is 26.7 Å². The molecule has 1 heterocycles. The summed E-state index contributed by atoms with van der Waals surface area (Å²) < 4.78 is 5.29. The number of nitro groups is 1. The molecule has 0 spiro atoms. The molecule has 2 aromatic rings. The first-order valence-corrected chi connectivity index (χ1v) is 6.37. The highest BCUT2D eigenvalue weighted by atomic mass is 35.5. The van der Waals surface area contributed by atoms with Gasteiger partial charge in [0.15, 0.2) is 0 Å². The van der Waals surface area contributed by atoms with Gasteiger partial charge in [-0.1, -0.05) is 22.9 Å². The van der Waals surface area contributed by atoms with Gasteiger partial charge < -0.3 is 9.84 Å². The summed E-state index contributed by atoms with van der Waals surface area (Å²) in [6.07, 6.45) is 0. The van der Waals surface area contributed by atoms with Crippen molar-refractivity contribution in [2.75, 3.05) is 0 Å². The zero-order valence-corrected chi connectivity index (χ0v) is 11.3. The zero-order valence-electron chi connectivity index (χ0n) is 9.74. The van der Waals surface area contributed by atoms with Gasteiger partial charge in [-0.05, 0) is 12.1 Å². The van der Waals surface area contributed by atoms with E-state index < -0.39 is 4.92 Å². The van der Waals surface area contributed by atoms with Crippen molar-refractivity contribution < 1.29 is 14.8 Å². The quantitative estimate of drug-likeness (QED) is 0.686. The fourth-order valence-corrected chi connectivity index (χ4v) is 2.34. The van der Waals surface area contributed by atoms with E-state index in [9.17, 15) is 10.1 Å². The number of aromatic nitrogens is 1. The summed E-state index contributed by atoms with van der Waals surface area (Å²) >= 11 is 6.73. The number of rotatable bonds is 4. The average molecular weight is 312 g/mol. The number of hydrogen-bond donors (Lipinski definition) is 1. The van der Waals surface area contributed by atoms with Crippen LogP contribution in [-0.4, -0.2) is 15.0 Å². The Labute approximate surface area is 121 Å². The molecule has 0 aliphatic rings. The first kappa shape index (κ1) is 14.2. The van der Waals surface area contributed by atoms with Gasteiger partial charge in [-0.2, -0.15) is 10.2 Å². The molecule has 0 unspecified atom stereocenters. The minimum Gasteiger partial charge on any atom is -0.423 e. The van der Waals surface area contributed by atoms with Gasteiger partial charge >= 0.3 is 5.69 Å². The van der Waals surface area contributed by atoms with Crippen molar-refractivity contribution in [1.82, 2.24) is 4.98 Å². The summed E-state index contributed by atoms with van der Waals surface area (Å²) in [5.74, 6) is -0.0519.